The highest BCUT2D eigenvalue weighted by atomic mass is 32.2. The minimum atomic E-state index is -3.59. The number of aliphatic hydroxyl groups excluding tert-OH is 1. The maximum Gasteiger partial charge on any atom is 0.240 e. The summed E-state index contributed by atoms with van der Waals surface area (Å²) >= 11 is 1.38. The van der Waals surface area contributed by atoms with Crippen molar-refractivity contribution in [1.29, 1.82) is 0 Å². The molecule has 2 aromatic rings. The van der Waals surface area contributed by atoms with Gasteiger partial charge >= 0.3 is 0 Å². The van der Waals surface area contributed by atoms with Crippen molar-refractivity contribution in [2.24, 2.45) is 0 Å². The van der Waals surface area contributed by atoms with Crippen LogP contribution >= 0.6 is 11.3 Å². The SMILES string of the molecule is O=S(=O)(NCc1cncs1)c1cccc(C#CCO)c1. The van der Waals surface area contributed by atoms with E-state index in [1.807, 2.05) is 0 Å². The van der Waals surface area contributed by atoms with Gasteiger partial charge in [0.1, 0.15) is 6.61 Å². The molecule has 0 unspecified atom stereocenters. The van der Waals surface area contributed by atoms with E-state index < -0.39 is 10.0 Å². The van der Waals surface area contributed by atoms with E-state index in [2.05, 4.69) is 21.5 Å². The molecule has 7 heteroatoms. The van der Waals surface area contributed by atoms with E-state index in [0.717, 1.165) is 4.88 Å². The third kappa shape index (κ3) is 3.88. The molecule has 0 aliphatic heterocycles. The van der Waals surface area contributed by atoms with E-state index in [-0.39, 0.29) is 18.0 Å². The van der Waals surface area contributed by atoms with Gasteiger partial charge < -0.3 is 5.11 Å². The van der Waals surface area contributed by atoms with E-state index in [1.165, 1.54) is 23.5 Å². The molecule has 0 amide bonds. The Balaban J connectivity index is 2.16. The van der Waals surface area contributed by atoms with Gasteiger partial charge in [0.15, 0.2) is 0 Å². The molecule has 2 N–H and O–H groups in total. The van der Waals surface area contributed by atoms with Crippen molar-refractivity contribution in [3.63, 3.8) is 0 Å². The molecule has 1 aromatic carbocycles. The molecule has 104 valence electrons. The van der Waals surface area contributed by atoms with Crippen molar-refractivity contribution in [2.75, 3.05) is 6.61 Å². The first kappa shape index (κ1) is 14.7. The first-order chi connectivity index (χ1) is 9.62. The summed E-state index contributed by atoms with van der Waals surface area (Å²) in [5.74, 6) is 5.16. The minimum absolute atomic E-state index is 0.145. The average molecular weight is 308 g/mol. The monoisotopic (exact) mass is 308 g/mol. The average Bonchev–Trinajstić information content (AvgIpc) is 2.97. The maximum absolute atomic E-state index is 12.1. The summed E-state index contributed by atoms with van der Waals surface area (Å²) in [5.41, 5.74) is 2.19. The molecule has 0 atom stereocenters. The van der Waals surface area contributed by atoms with Crippen LogP contribution in [0.5, 0.6) is 0 Å². The minimum Gasteiger partial charge on any atom is -0.384 e. The highest BCUT2D eigenvalue weighted by molar-refractivity contribution is 7.89. The van der Waals surface area contributed by atoms with Gasteiger partial charge in [-0.1, -0.05) is 17.9 Å². The van der Waals surface area contributed by atoms with Crippen molar-refractivity contribution in [3.8, 4) is 11.8 Å². The Kier molecular flexibility index (Phi) is 4.87. The quantitative estimate of drug-likeness (QED) is 0.825. The van der Waals surface area contributed by atoms with Crippen LogP contribution in [0.1, 0.15) is 10.4 Å². The number of benzene rings is 1. The van der Waals surface area contributed by atoms with Gasteiger partial charge in [0.2, 0.25) is 10.0 Å². The summed E-state index contributed by atoms with van der Waals surface area (Å²) in [7, 11) is -3.59. The van der Waals surface area contributed by atoms with Gasteiger partial charge in [-0.3, -0.25) is 4.98 Å². The Bertz CT molecular complexity index is 728. The van der Waals surface area contributed by atoms with E-state index in [9.17, 15) is 8.42 Å². The summed E-state index contributed by atoms with van der Waals surface area (Å²) < 4.78 is 26.8. The number of aromatic nitrogens is 1. The van der Waals surface area contributed by atoms with Crippen LogP contribution < -0.4 is 4.72 Å². The second-order valence-corrected chi connectivity index (χ2v) is 6.52. The highest BCUT2D eigenvalue weighted by Crippen LogP contribution is 2.12. The Labute approximate surface area is 121 Å². The molecule has 0 aliphatic carbocycles. The maximum atomic E-state index is 12.1. The number of nitrogens with zero attached hydrogens (tertiary/aromatic N) is 1. The van der Waals surface area contributed by atoms with Crippen LogP contribution in [0.2, 0.25) is 0 Å². The van der Waals surface area contributed by atoms with Gasteiger partial charge in [-0.25, -0.2) is 13.1 Å². The van der Waals surface area contributed by atoms with Crippen molar-refractivity contribution < 1.29 is 13.5 Å². The number of hydrogen-bond donors (Lipinski definition) is 2. The molecular weight excluding hydrogens is 296 g/mol. The molecule has 1 heterocycles. The summed E-state index contributed by atoms with van der Waals surface area (Å²) in [5, 5.41) is 8.64. The zero-order valence-corrected chi connectivity index (χ0v) is 12.0. The molecule has 0 spiro atoms. The largest absolute Gasteiger partial charge is 0.384 e. The number of aliphatic hydroxyl groups is 1. The summed E-state index contributed by atoms with van der Waals surface area (Å²) in [6.45, 7) is -0.0554. The lowest BCUT2D eigenvalue weighted by Crippen LogP contribution is -2.22. The van der Waals surface area contributed by atoms with E-state index >= 15 is 0 Å². The molecule has 0 bridgehead atoms. The van der Waals surface area contributed by atoms with Gasteiger partial charge in [-0.2, -0.15) is 0 Å². The molecule has 1 aromatic heterocycles. The van der Waals surface area contributed by atoms with Crippen LogP contribution in [0.3, 0.4) is 0 Å². The first-order valence-electron chi connectivity index (χ1n) is 5.68. The molecule has 0 saturated heterocycles. The van der Waals surface area contributed by atoms with Crippen LogP contribution in [0.4, 0.5) is 0 Å². The molecule has 20 heavy (non-hydrogen) atoms. The third-order valence-corrected chi connectivity index (χ3v) is 4.55. The van der Waals surface area contributed by atoms with Gasteiger partial charge in [-0.05, 0) is 18.2 Å². The van der Waals surface area contributed by atoms with Gasteiger partial charge in [-0.15, -0.1) is 11.3 Å². The molecule has 5 nitrogen and oxygen atoms in total. The van der Waals surface area contributed by atoms with Crippen molar-refractivity contribution in [3.05, 3.63) is 46.4 Å². The highest BCUT2D eigenvalue weighted by Gasteiger charge is 2.14. The smallest absolute Gasteiger partial charge is 0.240 e. The molecule has 2 rings (SSSR count). The number of hydrogen-bond acceptors (Lipinski definition) is 5. The summed E-state index contributed by atoms with van der Waals surface area (Å²) in [4.78, 5) is 4.87. The zero-order chi connectivity index (χ0) is 14.4. The van der Waals surface area contributed by atoms with Crippen molar-refractivity contribution >= 4 is 21.4 Å². The fourth-order valence-corrected chi connectivity index (χ4v) is 3.14. The van der Waals surface area contributed by atoms with Crippen LogP contribution in [-0.2, 0) is 16.6 Å². The lowest BCUT2D eigenvalue weighted by molar-refractivity contribution is 0.350. The number of thiazole rings is 1. The Hall–Kier alpha value is -1.72. The van der Waals surface area contributed by atoms with Crippen molar-refractivity contribution in [2.45, 2.75) is 11.4 Å². The molecule has 0 radical (unpaired) electrons. The lowest BCUT2D eigenvalue weighted by atomic mass is 10.2. The van der Waals surface area contributed by atoms with Gasteiger partial charge in [0.25, 0.3) is 0 Å². The Morgan fingerprint density at radius 3 is 2.95 bits per heavy atom. The van der Waals surface area contributed by atoms with Crippen LogP contribution in [0.25, 0.3) is 0 Å². The zero-order valence-electron chi connectivity index (χ0n) is 10.4. The van der Waals surface area contributed by atoms with Crippen LogP contribution in [-0.4, -0.2) is 25.1 Å². The summed E-state index contributed by atoms with van der Waals surface area (Å²) in [6.07, 6.45) is 1.62. The Morgan fingerprint density at radius 2 is 2.25 bits per heavy atom. The topological polar surface area (TPSA) is 79.3 Å². The molecule has 0 aliphatic rings. The summed E-state index contributed by atoms with van der Waals surface area (Å²) in [6, 6.07) is 6.27. The van der Waals surface area contributed by atoms with Crippen LogP contribution in [0, 0.1) is 11.8 Å². The fourth-order valence-electron chi connectivity index (χ4n) is 1.46. The lowest BCUT2D eigenvalue weighted by Gasteiger charge is -2.05. The first-order valence-corrected chi connectivity index (χ1v) is 8.05. The number of sulfonamides is 1. The predicted octanol–water partition coefficient (Wildman–Crippen LogP) is 0.965. The number of nitrogens with one attached hydrogen (secondary N) is 1. The van der Waals surface area contributed by atoms with E-state index in [4.69, 9.17) is 5.11 Å². The Morgan fingerprint density at radius 1 is 1.40 bits per heavy atom. The van der Waals surface area contributed by atoms with E-state index in [0.29, 0.717) is 5.56 Å². The second-order valence-electron chi connectivity index (χ2n) is 3.78. The normalized spacial score (nSPS) is 10.8. The molecule has 0 saturated carbocycles. The van der Waals surface area contributed by atoms with Gasteiger partial charge in [0, 0.05) is 23.2 Å². The fraction of sp³-hybridized carbons (Fsp3) is 0.154. The predicted molar refractivity (Wildman–Crippen MR) is 76.5 cm³/mol. The standard InChI is InChI=1S/C13H12N2O3S2/c16-6-2-4-11-3-1-5-13(7-11)20(17,18)15-9-12-8-14-10-19-12/h1,3,5,7-8,10,15-16H,6,9H2. The second kappa shape index (κ2) is 6.63. The van der Waals surface area contributed by atoms with Gasteiger partial charge in [0.05, 0.1) is 10.4 Å². The third-order valence-electron chi connectivity index (χ3n) is 2.38. The number of rotatable bonds is 4. The van der Waals surface area contributed by atoms with Crippen molar-refractivity contribution in [1.82, 2.24) is 9.71 Å². The van der Waals surface area contributed by atoms with Crippen LogP contribution in [0.15, 0.2) is 40.9 Å². The van der Waals surface area contributed by atoms with E-state index in [1.54, 1.807) is 23.8 Å². The molecular formula is C13H12N2O3S2. The molecule has 0 fully saturated rings.